The van der Waals surface area contributed by atoms with Gasteiger partial charge in [0.25, 0.3) is 5.69 Å². The molecule has 0 aliphatic heterocycles. The van der Waals surface area contributed by atoms with Gasteiger partial charge in [0.15, 0.2) is 0 Å². The highest BCUT2D eigenvalue weighted by atomic mass is 16.6. The Labute approximate surface area is 80.5 Å². The minimum Gasteiger partial charge on any atom is -0.478 e. The molecule has 0 bridgehead atoms. The predicted molar refractivity (Wildman–Crippen MR) is 51.3 cm³/mol. The van der Waals surface area contributed by atoms with Crippen LogP contribution < -0.4 is 0 Å². The van der Waals surface area contributed by atoms with Gasteiger partial charge in [-0.15, -0.1) is 13.2 Å². The Hall–Kier alpha value is -2.17. The van der Waals surface area contributed by atoms with Crippen LogP contribution in [0.5, 0.6) is 0 Å². The molecule has 1 N–H and O–H groups in total. The Balaban J connectivity index is 0.000000791. The van der Waals surface area contributed by atoms with Gasteiger partial charge < -0.3 is 5.11 Å². The lowest BCUT2D eigenvalue weighted by molar-refractivity contribution is -0.384. The van der Waals surface area contributed by atoms with E-state index >= 15 is 0 Å². The first-order valence-electron chi connectivity index (χ1n) is 3.59. The molecule has 1 aromatic rings. The van der Waals surface area contributed by atoms with Crippen LogP contribution in [0, 0.1) is 10.1 Å². The molecule has 0 fully saturated rings. The standard InChI is InChI=1S/C7H5NO4.C2H4/c9-7(10)5-2-1-3-6(4-5)8(11)12;1-2/h1-4H,(H,9,10);1-2H2. The van der Waals surface area contributed by atoms with Crippen LogP contribution in [0.1, 0.15) is 10.4 Å². The summed E-state index contributed by atoms with van der Waals surface area (Å²) in [5.74, 6) is -1.17. The Bertz CT molecular complexity index is 319. The molecular weight excluding hydrogens is 186 g/mol. The van der Waals surface area contributed by atoms with E-state index in [4.69, 9.17) is 5.11 Å². The number of aromatic carboxylic acids is 1. The van der Waals surface area contributed by atoms with E-state index in [9.17, 15) is 14.9 Å². The van der Waals surface area contributed by atoms with Gasteiger partial charge in [0.2, 0.25) is 0 Å². The highest BCUT2D eigenvalue weighted by Crippen LogP contribution is 2.12. The number of non-ortho nitro benzene ring substituents is 1. The fourth-order valence-corrected chi connectivity index (χ4v) is 0.753. The van der Waals surface area contributed by atoms with Crippen LogP contribution in [0.4, 0.5) is 5.69 Å². The lowest BCUT2D eigenvalue weighted by Crippen LogP contribution is -1.97. The highest BCUT2D eigenvalue weighted by Gasteiger charge is 2.08. The van der Waals surface area contributed by atoms with Gasteiger partial charge in [0.1, 0.15) is 0 Å². The monoisotopic (exact) mass is 195 g/mol. The van der Waals surface area contributed by atoms with Gasteiger partial charge in [-0.1, -0.05) is 6.07 Å². The minimum atomic E-state index is -1.17. The van der Waals surface area contributed by atoms with Crippen LogP contribution in [0.25, 0.3) is 0 Å². The zero-order valence-electron chi connectivity index (χ0n) is 7.34. The fourth-order valence-electron chi connectivity index (χ4n) is 0.753. The number of hydrogen-bond donors (Lipinski definition) is 1. The average molecular weight is 195 g/mol. The third-order valence-electron chi connectivity index (χ3n) is 1.30. The minimum absolute atomic E-state index is 0.0794. The fraction of sp³-hybridized carbons (Fsp3) is 0. The maximum absolute atomic E-state index is 10.4. The van der Waals surface area contributed by atoms with Crippen molar-refractivity contribution in [2.75, 3.05) is 0 Å². The summed E-state index contributed by atoms with van der Waals surface area (Å²) < 4.78 is 0. The quantitative estimate of drug-likeness (QED) is 0.445. The second-order valence-electron chi connectivity index (χ2n) is 2.11. The molecule has 0 unspecified atom stereocenters. The molecule has 0 aromatic heterocycles. The molecule has 0 amide bonds. The molecule has 0 saturated heterocycles. The Morgan fingerprint density at radius 1 is 1.43 bits per heavy atom. The number of carboxylic acid groups (broad SMARTS) is 1. The number of carboxylic acids is 1. The Morgan fingerprint density at radius 3 is 2.43 bits per heavy atom. The van der Waals surface area contributed by atoms with Crippen LogP contribution in [0.15, 0.2) is 37.4 Å². The van der Waals surface area contributed by atoms with E-state index in [1.165, 1.54) is 18.2 Å². The molecular formula is C9H9NO4. The summed E-state index contributed by atoms with van der Waals surface area (Å²) in [6, 6.07) is 4.89. The zero-order valence-corrected chi connectivity index (χ0v) is 7.34. The normalized spacial score (nSPS) is 8.29. The number of nitro benzene ring substituents is 1. The number of rotatable bonds is 2. The van der Waals surface area contributed by atoms with Gasteiger partial charge in [-0.05, 0) is 6.07 Å². The number of nitro groups is 1. The molecule has 0 heterocycles. The molecule has 0 atom stereocenters. The lowest BCUT2D eigenvalue weighted by Gasteiger charge is -1.92. The Morgan fingerprint density at radius 2 is 2.00 bits per heavy atom. The predicted octanol–water partition coefficient (Wildman–Crippen LogP) is 2.10. The molecule has 0 aliphatic rings. The van der Waals surface area contributed by atoms with E-state index in [1.807, 2.05) is 0 Å². The number of hydrogen-bond acceptors (Lipinski definition) is 3. The Kier molecular flexibility index (Phi) is 4.62. The van der Waals surface area contributed by atoms with E-state index in [1.54, 1.807) is 0 Å². The summed E-state index contributed by atoms with van der Waals surface area (Å²) in [4.78, 5) is 19.9. The second-order valence-corrected chi connectivity index (χ2v) is 2.11. The van der Waals surface area contributed by atoms with E-state index in [0.717, 1.165) is 6.07 Å². The molecule has 0 saturated carbocycles. The lowest BCUT2D eigenvalue weighted by atomic mass is 10.2. The van der Waals surface area contributed by atoms with Gasteiger partial charge in [-0.25, -0.2) is 4.79 Å². The first-order chi connectivity index (χ1) is 6.61. The van der Waals surface area contributed by atoms with Crippen molar-refractivity contribution in [1.29, 1.82) is 0 Å². The van der Waals surface area contributed by atoms with Crippen LogP contribution in [0.3, 0.4) is 0 Å². The van der Waals surface area contributed by atoms with Gasteiger partial charge in [-0.3, -0.25) is 10.1 Å². The van der Waals surface area contributed by atoms with E-state index < -0.39 is 10.9 Å². The summed E-state index contributed by atoms with van der Waals surface area (Å²) in [7, 11) is 0. The van der Waals surface area contributed by atoms with Crippen molar-refractivity contribution in [3.8, 4) is 0 Å². The van der Waals surface area contributed by atoms with Gasteiger partial charge in [0, 0.05) is 12.1 Å². The van der Waals surface area contributed by atoms with Crippen LogP contribution in [0.2, 0.25) is 0 Å². The van der Waals surface area contributed by atoms with Crippen molar-refractivity contribution in [3.63, 3.8) is 0 Å². The first kappa shape index (κ1) is 11.8. The smallest absolute Gasteiger partial charge is 0.335 e. The van der Waals surface area contributed by atoms with Crippen molar-refractivity contribution in [3.05, 3.63) is 53.1 Å². The number of nitrogens with zero attached hydrogens (tertiary/aromatic N) is 1. The average Bonchev–Trinajstić information content (AvgIpc) is 2.21. The number of benzene rings is 1. The van der Waals surface area contributed by atoms with Crippen LogP contribution in [-0.4, -0.2) is 16.0 Å². The van der Waals surface area contributed by atoms with Crippen molar-refractivity contribution in [2.45, 2.75) is 0 Å². The molecule has 1 rings (SSSR count). The summed E-state index contributed by atoms with van der Waals surface area (Å²) in [6.07, 6.45) is 0. The van der Waals surface area contributed by atoms with Crippen molar-refractivity contribution < 1.29 is 14.8 Å². The third kappa shape index (κ3) is 3.06. The molecule has 0 aliphatic carbocycles. The topological polar surface area (TPSA) is 80.4 Å². The molecule has 1 aromatic carbocycles. The summed E-state index contributed by atoms with van der Waals surface area (Å²) in [5, 5.41) is 18.7. The van der Waals surface area contributed by atoms with E-state index in [-0.39, 0.29) is 11.3 Å². The molecule has 5 nitrogen and oxygen atoms in total. The molecule has 5 heteroatoms. The third-order valence-corrected chi connectivity index (χ3v) is 1.30. The first-order valence-corrected chi connectivity index (χ1v) is 3.59. The van der Waals surface area contributed by atoms with Crippen molar-refractivity contribution >= 4 is 11.7 Å². The van der Waals surface area contributed by atoms with E-state index in [2.05, 4.69) is 13.2 Å². The van der Waals surface area contributed by atoms with Crippen molar-refractivity contribution in [1.82, 2.24) is 0 Å². The molecule has 0 spiro atoms. The maximum Gasteiger partial charge on any atom is 0.335 e. The SMILES string of the molecule is C=C.O=C(O)c1cccc([N+](=O)[O-])c1. The summed E-state index contributed by atoms with van der Waals surface area (Å²) >= 11 is 0. The van der Waals surface area contributed by atoms with Crippen LogP contribution in [-0.2, 0) is 0 Å². The largest absolute Gasteiger partial charge is 0.478 e. The van der Waals surface area contributed by atoms with Crippen LogP contribution >= 0.6 is 0 Å². The van der Waals surface area contributed by atoms with E-state index in [0.29, 0.717) is 0 Å². The highest BCUT2D eigenvalue weighted by molar-refractivity contribution is 5.88. The second kappa shape index (κ2) is 5.47. The number of carbonyl (C=O) groups is 1. The van der Waals surface area contributed by atoms with Crippen molar-refractivity contribution in [2.24, 2.45) is 0 Å². The molecule has 74 valence electrons. The maximum atomic E-state index is 10.4. The summed E-state index contributed by atoms with van der Waals surface area (Å²) in [5.41, 5.74) is -0.292. The molecule has 14 heavy (non-hydrogen) atoms. The van der Waals surface area contributed by atoms with Gasteiger partial charge >= 0.3 is 5.97 Å². The molecule has 0 radical (unpaired) electrons. The van der Waals surface area contributed by atoms with Gasteiger partial charge in [-0.2, -0.15) is 0 Å². The van der Waals surface area contributed by atoms with Gasteiger partial charge in [0.05, 0.1) is 10.5 Å². The summed E-state index contributed by atoms with van der Waals surface area (Å²) in [6.45, 7) is 6.00. The zero-order chi connectivity index (χ0) is 11.1.